The van der Waals surface area contributed by atoms with E-state index >= 15 is 0 Å². The summed E-state index contributed by atoms with van der Waals surface area (Å²) in [6.45, 7) is 10.8. The van der Waals surface area contributed by atoms with E-state index in [1.165, 1.54) is 13.2 Å². The van der Waals surface area contributed by atoms with Gasteiger partial charge in [0.25, 0.3) is 0 Å². The summed E-state index contributed by atoms with van der Waals surface area (Å²) in [4.78, 5) is 55.8. The zero-order valence-corrected chi connectivity index (χ0v) is 36.3. The third-order valence-corrected chi connectivity index (χ3v) is 10.1. The Labute approximate surface area is 358 Å². The summed E-state index contributed by atoms with van der Waals surface area (Å²) in [5.74, 6) is -0.810. The number of nitrogens with one attached hydrogen (secondary N) is 5. The van der Waals surface area contributed by atoms with Crippen molar-refractivity contribution >= 4 is 23.8 Å². The predicted molar refractivity (Wildman–Crippen MR) is 233 cm³/mol. The van der Waals surface area contributed by atoms with Crippen molar-refractivity contribution in [2.75, 3.05) is 14.2 Å². The number of hydrogen-bond acceptors (Lipinski definition) is 10. The summed E-state index contributed by atoms with van der Waals surface area (Å²) in [6, 6.07) is 25.5. The van der Waals surface area contributed by atoms with Crippen LogP contribution in [0.5, 0.6) is 17.2 Å². The second kappa shape index (κ2) is 21.9. The predicted octanol–water partition coefficient (Wildman–Crippen LogP) is 5.14. The fourth-order valence-electron chi connectivity index (χ4n) is 6.53. The number of amides is 4. The van der Waals surface area contributed by atoms with E-state index in [2.05, 4.69) is 26.6 Å². The molecular formula is C47H61N5O9. The van der Waals surface area contributed by atoms with Crippen LogP contribution in [0.15, 0.2) is 103 Å². The van der Waals surface area contributed by atoms with Crippen molar-refractivity contribution in [2.24, 2.45) is 10.8 Å². The Hall–Kier alpha value is -6.12. The highest BCUT2D eigenvalue weighted by molar-refractivity contribution is 5.91. The fourth-order valence-corrected chi connectivity index (χ4v) is 6.53. The van der Waals surface area contributed by atoms with Crippen LogP contribution in [0.3, 0.4) is 0 Å². The van der Waals surface area contributed by atoms with Gasteiger partial charge in [-0.2, -0.15) is 0 Å². The van der Waals surface area contributed by atoms with Gasteiger partial charge in [-0.25, -0.2) is 4.79 Å². The summed E-state index contributed by atoms with van der Waals surface area (Å²) >= 11 is 0. The van der Waals surface area contributed by atoms with Crippen LogP contribution in [0.25, 0.3) is 0 Å². The lowest BCUT2D eigenvalue weighted by atomic mass is 9.85. The molecule has 4 rings (SSSR count). The summed E-state index contributed by atoms with van der Waals surface area (Å²) in [6.07, 6.45) is -2.27. The molecule has 328 valence electrons. The van der Waals surface area contributed by atoms with E-state index < -0.39 is 64.9 Å². The summed E-state index contributed by atoms with van der Waals surface area (Å²) in [5.41, 5.74) is 1.12. The van der Waals surface area contributed by atoms with Crippen molar-refractivity contribution in [3.63, 3.8) is 0 Å². The fraction of sp³-hybridized carbons (Fsp3) is 0.404. The lowest BCUT2D eigenvalue weighted by molar-refractivity contribution is -0.135. The molecule has 0 aliphatic heterocycles. The maximum Gasteiger partial charge on any atom is 0.408 e. The van der Waals surface area contributed by atoms with Crippen molar-refractivity contribution in [1.82, 2.24) is 26.6 Å². The van der Waals surface area contributed by atoms with Gasteiger partial charge >= 0.3 is 6.09 Å². The Kier molecular flexibility index (Phi) is 17.1. The number of hydrogen-bond donors (Lipinski definition) is 7. The number of phenolic OH excluding ortho intramolecular Hbond substituents is 1. The largest absolute Gasteiger partial charge is 0.507 e. The molecule has 0 saturated carbocycles. The van der Waals surface area contributed by atoms with Crippen LogP contribution in [-0.2, 0) is 45.2 Å². The molecule has 0 saturated heterocycles. The molecule has 0 aromatic heterocycles. The van der Waals surface area contributed by atoms with Gasteiger partial charge in [-0.05, 0) is 58.2 Å². The quantitative estimate of drug-likeness (QED) is 0.0664. The van der Waals surface area contributed by atoms with Gasteiger partial charge in [0.15, 0.2) is 0 Å². The molecule has 14 heteroatoms. The highest BCUT2D eigenvalue weighted by Gasteiger charge is 2.41. The Balaban J connectivity index is 1.64. The molecule has 0 unspecified atom stereocenters. The maximum atomic E-state index is 14.6. The number of methoxy groups -OCH3 is 2. The van der Waals surface area contributed by atoms with E-state index in [0.717, 1.165) is 16.7 Å². The molecular weight excluding hydrogens is 779 g/mol. The average Bonchev–Trinajstić information content (AvgIpc) is 3.23. The van der Waals surface area contributed by atoms with Crippen LogP contribution >= 0.6 is 0 Å². The van der Waals surface area contributed by atoms with Crippen LogP contribution in [-0.4, -0.2) is 78.5 Å². The van der Waals surface area contributed by atoms with Crippen LogP contribution in [0.1, 0.15) is 63.8 Å². The van der Waals surface area contributed by atoms with Crippen LogP contribution < -0.4 is 36.1 Å². The minimum atomic E-state index is -1.58. The third kappa shape index (κ3) is 14.5. The number of carbonyl (C=O) groups excluding carboxylic acids is 4. The van der Waals surface area contributed by atoms with Gasteiger partial charge in [0.05, 0.1) is 26.4 Å². The molecule has 0 bridgehead atoms. The lowest BCUT2D eigenvalue weighted by Crippen LogP contribution is -2.64. The molecule has 0 aliphatic rings. The van der Waals surface area contributed by atoms with Gasteiger partial charge in [-0.15, -0.1) is 0 Å². The third-order valence-electron chi connectivity index (χ3n) is 10.1. The molecule has 0 heterocycles. The number of alkyl carbamates (subject to hydrolysis) is 1. The molecule has 0 radical (unpaired) electrons. The molecule has 0 spiro atoms. The molecule has 0 fully saturated rings. The number of aliphatic hydroxyl groups excluding tert-OH is 1. The number of carbonyl (C=O) groups is 4. The second-order valence-electron chi connectivity index (χ2n) is 17.0. The highest BCUT2D eigenvalue weighted by Crippen LogP contribution is 2.25. The first-order valence-corrected chi connectivity index (χ1v) is 20.2. The Bertz CT molecular complexity index is 2030. The Morgan fingerprint density at radius 2 is 1.18 bits per heavy atom. The zero-order chi connectivity index (χ0) is 44.7. The van der Waals surface area contributed by atoms with E-state index in [-0.39, 0.29) is 31.9 Å². The number of aromatic hydroxyl groups is 1. The molecule has 4 aromatic carbocycles. The normalized spacial score (nSPS) is 14.0. The molecule has 5 atom stereocenters. The van der Waals surface area contributed by atoms with Crippen LogP contribution in [0.2, 0.25) is 0 Å². The molecule has 61 heavy (non-hydrogen) atoms. The molecule has 14 nitrogen and oxygen atoms in total. The second-order valence-corrected chi connectivity index (χ2v) is 17.0. The van der Waals surface area contributed by atoms with E-state index in [9.17, 15) is 29.4 Å². The van der Waals surface area contributed by atoms with E-state index in [1.807, 2.05) is 72.8 Å². The first-order valence-electron chi connectivity index (χ1n) is 20.2. The molecule has 7 N–H and O–H groups in total. The number of rotatable bonds is 19. The average molecular weight is 840 g/mol. The minimum absolute atomic E-state index is 0.00526. The van der Waals surface area contributed by atoms with Gasteiger partial charge in [0.1, 0.15) is 42.0 Å². The van der Waals surface area contributed by atoms with Crippen molar-refractivity contribution in [2.45, 2.75) is 97.9 Å². The molecule has 4 aromatic rings. The molecule has 4 amide bonds. The Morgan fingerprint density at radius 1 is 0.623 bits per heavy atom. The summed E-state index contributed by atoms with van der Waals surface area (Å²) < 4.78 is 15.9. The van der Waals surface area contributed by atoms with Crippen LogP contribution in [0.4, 0.5) is 4.79 Å². The number of phenols is 1. The minimum Gasteiger partial charge on any atom is -0.507 e. The number of aliphatic hydroxyl groups is 1. The first-order chi connectivity index (χ1) is 28.9. The van der Waals surface area contributed by atoms with Gasteiger partial charge in [-0.3, -0.25) is 19.7 Å². The van der Waals surface area contributed by atoms with Gasteiger partial charge in [0.2, 0.25) is 17.7 Å². The summed E-state index contributed by atoms with van der Waals surface area (Å²) in [5, 5.41) is 37.4. The van der Waals surface area contributed by atoms with E-state index in [1.54, 1.807) is 72.9 Å². The van der Waals surface area contributed by atoms with Crippen LogP contribution in [0, 0.1) is 10.8 Å². The van der Waals surface area contributed by atoms with Crippen molar-refractivity contribution in [1.29, 1.82) is 0 Å². The monoisotopic (exact) mass is 839 g/mol. The van der Waals surface area contributed by atoms with E-state index in [4.69, 9.17) is 14.2 Å². The van der Waals surface area contributed by atoms with Gasteiger partial charge < -0.3 is 45.7 Å². The number of benzene rings is 4. The van der Waals surface area contributed by atoms with Crippen molar-refractivity contribution in [3.05, 3.63) is 125 Å². The van der Waals surface area contributed by atoms with Gasteiger partial charge in [0, 0.05) is 24.7 Å². The smallest absolute Gasteiger partial charge is 0.408 e. The van der Waals surface area contributed by atoms with Crippen molar-refractivity contribution < 1.29 is 43.6 Å². The van der Waals surface area contributed by atoms with Crippen molar-refractivity contribution in [3.8, 4) is 17.2 Å². The topological polar surface area (TPSA) is 197 Å². The lowest BCUT2D eigenvalue weighted by Gasteiger charge is -2.36. The number of ether oxygens (including phenoxy) is 3. The SMILES string of the molecule is COc1ccc(CN[C@@H](C(=O)N[C@H](C(=O)NCc2ccc(OC)cc2O)C(C)(C)C)[C@H](O)[C@H](Cc2ccccc2)NC(=O)[C@@H](NC(=O)OCc2ccccc2)C(C)(C)C)cc1. The zero-order valence-electron chi connectivity index (χ0n) is 36.3. The van der Waals surface area contributed by atoms with Gasteiger partial charge in [-0.1, -0.05) is 114 Å². The highest BCUT2D eigenvalue weighted by atomic mass is 16.5. The standard InChI is InChI=1S/C47H61N5O9/c1-46(2,3)40(43(56)49-28-33-21-24-35(60-8)26-37(33)53)51-42(55)38(48-27-31-19-22-34(59-7)23-20-31)39(54)36(25-30-15-11-9-12-16-30)50-44(57)41(47(4,5)6)52-45(58)61-29-32-17-13-10-14-18-32/h9-24,26,36,38-41,48,53-54H,25,27-29H2,1-8H3,(H,49,56)(H,50,57)(H,51,55)(H,52,58)/t36-,38+,39+,40+,41+/m0/s1. The summed E-state index contributed by atoms with van der Waals surface area (Å²) in [7, 11) is 3.04. The maximum absolute atomic E-state index is 14.6. The first kappa shape index (κ1) is 47.6. The van der Waals surface area contributed by atoms with E-state index in [0.29, 0.717) is 17.1 Å². The molecule has 0 aliphatic carbocycles. The Morgan fingerprint density at radius 3 is 1.74 bits per heavy atom.